The van der Waals surface area contributed by atoms with Crippen molar-refractivity contribution in [3.05, 3.63) is 33.9 Å². The quantitative estimate of drug-likeness (QED) is 0.400. The number of nitro benzene ring substituents is 1. The Morgan fingerprint density at radius 2 is 2.15 bits per heavy atom. The molecule has 0 aliphatic carbocycles. The maximum atomic E-state index is 11.0. The number of ether oxygens (including phenoxy) is 2. The molecule has 0 spiro atoms. The number of benzene rings is 1. The van der Waals surface area contributed by atoms with Crippen LogP contribution >= 0.6 is 0 Å². The first-order chi connectivity index (χ1) is 9.56. The molecular weight excluding hydrogens is 268 g/mol. The summed E-state index contributed by atoms with van der Waals surface area (Å²) in [6.07, 6.45) is 0. The van der Waals surface area contributed by atoms with E-state index in [2.05, 4.69) is 5.32 Å². The lowest BCUT2D eigenvalue weighted by molar-refractivity contribution is -0.384. The molecule has 0 aliphatic heterocycles. The summed E-state index contributed by atoms with van der Waals surface area (Å²) in [5.41, 5.74) is 0.00679. The minimum absolute atomic E-state index is 0.0208. The number of nitro groups is 1. The zero-order valence-electron chi connectivity index (χ0n) is 11.0. The van der Waals surface area contributed by atoms with Crippen LogP contribution in [0.3, 0.4) is 0 Å². The van der Waals surface area contributed by atoms with Gasteiger partial charge in [0.05, 0.1) is 36.0 Å². The highest BCUT2D eigenvalue weighted by atomic mass is 16.6. The molecule has 0 unspecified atom stereocenters. The number of anilines is 1. The summed E-state index contributed by atoms with van der Waals surface area (Å²) in [5, 5.41) is 22.5. The predicted octanol–water partition coefficient (Wildman–Crippen LogP) is 1.37. The van der Waals surface area contributed by atoms with E-state index in [0.717, 1.165) is 6.07 Å². The van der Waals surface area contributed by atoms with Gasteiger partial charge in [-0.25, -0.2) is 4.79 Å². The number of rotatable bonds is 9. The Morgan fingerprint density at radius 3 is 2.75 bits per heavy atom. The fourth-order valence-corrected chi connectivity index (χ4v) is 1.48. The average Bonchev–Trinajstić information content (AvgIpc) is 2.42. The number of methoxy groups -OCH3 is 1. The lowest BCUT2D eigenvalue weighted by Gasteiger charge is -2.09. The van der Waals surface area contributed by atoms with Gasteiger partial charge in [0.2, 0.25) is 0 Å². The SMILES string of the molecule is COCCOCCNc1cc([N+](=O)[O-])ccc1C(=O)O. The molecule has 0 radical (unpaired) electrons. The van der Waals surface area contributed by atoms with E-state index >= 15 is 0 Å². The Balaban J connectivity index is 2.63. The standard InChI is InChI=1S/C12H16N2O6/c1-19-6-7-20-5-4-13-11-8-9(14(17)18)2-3-10(11)12(15)16/h2-3,8,13H,4-7H2,1H3,(H,15,16). The molecule has 0 bridgehead atoms. The van der Waals surface area contributed by atoms with Crippen molar-refractivity contribution in [1.82, 2.24) is 0 Å². The minimum Gasteiger partial charge on any atom is -0.478 e. The van der Waals surface area contributed by atoms with Crippen LogP contribution in [0.4, 0.5) is 11.4 Å². The average molecular weight is 284 g/mol. The highest BCUT2D eigenvalue weighted by Gasteiger charge is 2.14. The van der Waals surface area contributed by atoms with Crippen molar-refractivity contribution < 1.29 is 24.3 Å². The van der Waals surface area contributed by atoms with E-state index in [1.165, 1.54) is 12.1 Å². The van der Waals surface area contributed by atoms with Crippen molar-refractivity contribution >= 4 is 17.3 Å². The third-order valence-corrected chi connectivity index (χ3v) is 2.44. The number of hydrogen-bond acceptors (Lipinski definition) is 6. The molecule has 0 heterocycles. The van der Waals surface area contributed by atoms with Gasteiger partial charge in [-0.1, -0.05) is 0 Å². The topological polar surface area (TPSA) is 111 Å². The predicted molar refractivity (Wildman–Crippen MR) is 71.2 cm³/mol. The molecule has 8 nitrogen and oxygen atoms in total. The second-order valence-electron chi connectivity index (χ2n) is 3.82. The Bertz CT molecular complexity index is 477. The number of aromatic carboxylic acids is 1. The molecule has 8 heteroatoms. The van der Waals surface area contributed by atoms with E-state index in [1.54, 1.807) is 7.11 Å². The van der Waals surface area contributed by atoms with Gasteiger partial charge in [-0.15, -0.1) is 0 Å². The van der Waals surface area contributed by atoms with Crippen LogP contribution in [0.1, 0.15) is 10.4 Å². The number of hydrogen-bond donors (Lipinski definition) is 2. The summed E-state index contributed by atoms with van der Waals surface area (Å²) < 4.78 is 10.0. The van der Waals surface area contributed by atoms with Gasteiger partial charge in [-0.05, 0) is 6.07 Å². The fourth-order valence-electron chi connectivity index (χ4n) is 1.48. The van der Waals surface area contributed by atoms with Gasteiger partial charge in [-0.2, -0.15) is 0 Å². The molecule has 0 amide bonds. The zero-order valence-corrected chi connectivity index (χ0v) is 11.0. The van der Waals surface area contributed by atoms with E-state index in [1.807, 2.05) is 0 Å². The van der Waals surface area contributed by atoms with Crippen LogP contribution in [0.15, 0.2) is 18.2 Å². The van der Waals surface area contributed by atoms with Gasteiger partial charge in [0.15, 0.2) is 0 Å². The van der Waals surface area contributed by atoms with Gasteiger partial charge in [0.25, 0.3) is 5.69 Å². The molecular formula is C12H16N2O6. The van der Waals surface area contributed by atoms with Crippen LogP contribution in [0, 0.1) is 10.1 Å². The van der Waals surface area contributed by atoms with Crippen molar-refractivity contribution in [3.8, 4) is 0 Å². The molecule has 110 valence electrons. The van der Waals surface area contributed by atoms with Gasteiger partial charge < -0.3 is 19.9 Å². The second kappa shape index (κ2) is 8.08. The summed E-state index contributed by atoms with van der Waals surface area (Å²) in [5.74, 6) is -1.15. The number of carbonyl (C=O) groups is 1. The molecule has 0 saturated carbocycles. The Labute approximate surface area is 115 Å². The molecule has 2 N–H and O–H groups in total. The van der Waals surface area contributed by atoms with E-state index in [9.17, 15) is 14.9 Å². The lowest BCUT2D eigenvalue weighted by Crippen LogP contribution is -2.14. The second-order valence-corrected chi connectivity index (χ2v) is 3.82. The monoisotopic (exact) mass is 284 g/mol. The van der Waals surface area contributed by atoms with Crippen LogP contribution in [0.25, 0.3) is 0 Å². The third kappa shape index (κ3) is 4.82. The van der Waals surface area contributed by atoms with E-state index in [-0.39, 0.29) is 16.9 Å². The first-order valence-electron chi connectivity index (χ1n) is 5.88. The summed E-state index contributed by atoms with van der Waals surface area (Å²) >= 11 is 0. The number of carboxylic acids is 1. The van der Waals surface area contributed by atoms with E-state index < -0.39 is 10.9 Å². The Hall–Kier alpha value is -2.19. The van der Waals surface area contributed by atoms with Crippen LogP contribution in [-0.4, -0.2) is 49.5 Å². The van der Waals surface area contributed by atoms with E-state index in [4.69, 9.17) is 14.6 Å². The molecule has 1 aromatic carbocycles. The van der Waals surface area contributed by atoms with Gasteiger partial charge in [-0.3, -0.25) is 10.1 Å². The van der Waals surface area contributed by atoms with Crippen molar-refractivity contribution in [2.45, 2.75) is 0 Å². The van der Waals surface area contributed by atoms with Gasteiger partial charge in [0, 0.05) is 25.8 Å². The maximum Gasteiger partial charge on any atom is 0.337 e. The molecule has 0 atom stereocenters. The number of nitrogens with zero attached hydrogens (tertiary/aromatic N) is 1. The molecule has 0 aliphatic rings. The largest absolute Gasteiger partial charge is 0.478 e. The van der Waals surface area contributed by atoms with Crippen LogP contribution < -0.4 is 5.32 Å². The highest BCUT2D eigenvalue weighted by Crippen LogP contribution is 2.22. The third-order valence-electron chi connectivity index (χ3n) is 2.44. The zero-order chi connectivity index (χ0) is 15.0. The summed E-state index contributed by atoms with van der Waals surface area (Å²) in [4.78, 5) is 21.1. The normalized spacial score (nSPS) is 10.2. The van der Waals surface area contributed by atoms with Crippen molar-refractivity contribution in [2.75, 3.05) is 38.8 Å². The Morgan fingerprint density at radius 1 is 1.40 bits per heavy atom. The lowest BCUT2D eigenvalue weighted by atomic mass is 10.1. The molecule has 0 saturated heterocycles. The van der Waals surface area contributed by atoms with E-state index in [0.29, 0.717) is 26.4 Å². The minimum atomic E-state index is -1.15. The van der Waals surface area contributed by atoms with Gasteiger partial charge >= 0.3 is 5.97 Å². The smallest absolute Gasteiger partial charge is 0.337 e. The van der Waals surface area contributed by atoms with Crippen molar-refractivity contribution in [1.29, 1.82) is 0 Å². The molecule has 0 aromatic heterocycles. The summed E-state index contributed by atoms with van der Waals surface area (Å²) in [6, 6.07) is 3.55. The summed E-state index contributed by atoms with van der Waals surface area (Å²) in [6.45, 7) is 1.58. The first kappa shape index (κ1) is 15.9. The molecule has 20 heavy (non-hydrogen) atoms. The first-order valence-corrected chi connectivity index (χ1v) is 5.88. The summed E-state index contributed by atoms with van der Waals surface area (Å²) in [7, 11) is 1.56. The number of nitrogens with one attached hydrogen (secondary N) is 1. The maximum absolute atomic E-state index is 11.0. The molecule has 1 aromatic rings. The fraction of sp³-hybridized carbons (Fsp3) is 0.417. The highest BCUT2D eigenvalue weighted by molar-refractivity contribution is 5.94. The van der Waals surface area contributed by atoms with Crippen molar-refractivity contribution in [3.63, 3.8) is 0 Å². The van der Waals surface area contributed by atoms with Gasteiger partial charge in [0.1, 0.15) is 0 Å². The van der Waals surface area contributed by atoms with Crippen LogP contribution in [0.2, 0.25) is 0 Å². The number of carboxylic acid groups (broad SMARTS) is 1. The molecule has 0 fully saturated rings. The Kier molecular flexibility index (Phi) is 6.41. The molecule has 1 rings (SSSR count). The van der Waals surface area contributed by atoms with Crippen molar-refractivity contribution in [2.24, 2.45) is 0 Å². The van der Waals surface area contributed by atoms with Crippen LogP contribution in [0.5, 0.6) is 0 Å². The number of non-ortho nitro benzene ring substituents is 1. The van der Waals surface area contributed by atoms with Crippen LogP contribution in [-0.2, 0) is 9.47 Å².